The van der Waals surface area contributed by atoms with E-state index in [4.69, 9.17) is 9.47 Å². The highest BCUT2D eigenvalue weighted by molar-refractivity contribution is 7.99. The van der Waals surface area contributed by atoms with Gasteiger partial charge in [0, 0.05) is 38.2 Å². The molecule has 0 aliphatic carbocycles. The summed E-state index contributed by atoms with van der Waals surface area (Å²) >= 11 is 1.78. The molecule has 5 nitrogen and oxygen atoms in total. The van der Waals surface area contributed by atoms with E-state index in [-0.39, 0.29) is 0 Å². The van der Waals surface area contributed by atoms with Crippen LogP contribution in [0.2, 0.25) is 0 Å². The van der Waals surface area contributed by atoms with Gasteiger partial charge >= 0.3 is 0 Å². The van der Waals surface area contributed by atoms with E-state index < -0.39 is 0 Å². The zero-order chi connectivity index (χ0) is 13.5. The summed E-state index contributed by atoms with van der Waals surface area (Å²) in [7, 11) is 1.66. The van der Waals surface area contributed by atoms with Gasteiger partial charge in [0.25, 0.3) is 0 Å². The van der Waals surface area contributed by atoms with Crippen LogP contribution in [-0.4, -0.2) is 60.6 Å². The van der Waals surface area contributed by atoms with Crippen LogP contribution in [0.15, 0.2) is 11.1 Å². The molecule has 19 heavy (non-hydrogen) atoms. The van der Waals surface area contributed by atoms with Crippen molar-refractivity contribution >= 4 is 11.8 Å². The highest BCUT2D eigenvalue weighted by Gasteiger charge is 2.10. The number of methoxy groups -OCH3 is 1. The molecule has 0 spiro atoms. The maximum Gasteiger partial charge on any atom is 0.155 e. The third kappa shape index (κ3) is 5.06. The number of thioether (sulfide) groups is 1. The molecule has 1 aromatic heterocycles. The maximum absolute atomic E-state index is 5.34. The Kier molecular flexibility index (Phi) is 6.03. The molecule has 1 fully saturated rings. The average Bonchev–Trinajstić information content (AvgIpc) is 2.40. The molecule has 1 aliphatic rings. The maximum atomic E-state index is 5.34. The zero-order valence-electron chi connectivity index (χ0n) is 11.6. The van der Waals surface area contributed by atoms with Gasteiger partial charge in [-0.2, -0.15) is 0 Å². The van der Waals surface area contributed by atoms with Crippen molar-refractivity contribution in [1.82, 2.24) is 14.9 Å². The molecule has 1 saturated heterocycles. The van der Waals surface area contributed by atoms with Crippen molar-refractivity contribution in [2.75, 3.05) is 45.7 Å². The second-order valence-corrected chi connectivity index (χ2v) is 5.61. The Hall–Kier alpha value is -0.690. The lowest BCUT2D eigenvalue weighted by Crippen LogP contribution is -2.37. The van der Waals surface area contributed by atoms with Crippen LogP contribution in [0.25, 0.3) is 0 Å². The van der Waals surface area contributed by atoms with E-state index in [1.807, 2.05) is 13.0 Å². The standard InChI is InChI=1S/C13H21N3O2S/c1-11-9-13(15-12(14-11)10-17-2)19-8-5-16-3-6-18-7-4-16/h9H,3-8,10H2,1-2H3. The van der Waals surface area contributed by atoms with Crippen molar-refractivity contribution in [2.24, 2.45) is 0 Å². The van der Waals surface area contributed by atoms with E-state index in [2.05, 4.69) is 14.9 Å². The molecule has 2 heterocycles. The lowest BCUT2D eigenvalue weighted by atomic mass is 10.4. The predicted octanol–water partition coefficient (Wildman–Crippen LogP) is 1.36. The molecule has 0 aromatic carbocycles. The van der Waals surface area contributed by atoms with E-state index in [1.54, 1.807) is 18.9 Å². The molecular formula is C13H21N3O2S. The summed E-state index contributed by atoms with van der Waals surface area (Å²) in [5.41, 5.74) is 0.996. The molecule has 2 rings (SSSR count). The van der Waals surface area contributed by atoms with Crippen LogP contribution in [0.4, 0.5) is 0 Å². The number of nitrogens with zero attached hydrogens (tertiary/aromatic N) is 3. The van der Waals surface area contributed by atoms with Gasteiger partial charge in [0.15, 0.2) is 5.82 Å². The van der Waals surface area contributed by atoms with Crippen LogP contribution in [0, 0.1) is 6.92 Å². The van der Waals surface area contributed by atoms with Crippen LogP contribution in [-0.2, 0) is 16.1 Å². The number of aryl methyl sites for hydroxylation is 1. The summed E-state index contributed by atoms with van der Waals surface area (Å²) in [5, 5.41) is 1.04. The Balaban J connectivity index is 1.81. The van der Waals surface area contributed by atoms with Crippen LogP contribution >= 0.6 is 11.8 Å². The second kappa shape index (κ2) is 7.79. The Morgan fingerprint density at radius 1 is 1.37 bits per heavy atom. The quantitative estimate of drug-likeness (QED) is 0.580. The summed E-state index contributed by atoms with van der Waals surface area (Å²) in [5.74, 6) is 1.81. The van der Waals surface area contributed by atoms with Crippen molar-refractivity contribution in [1.29, 1.82) is 0 Å². The first-order valence-electron chi connectivity index (χ1n) is 6.54. The number of ether oxygens (including phenoxy) is 2. The van der Waals surface area contributed by atoms with Gasteiger partial charge in [0.2, 0.25) is 0 Å². The summed E-state index contributed by atoms with van der Waals surface area (Å²) in [6.45, 7) is 7.34. The van der Waals surface area contributed by atoms with Crippen LogP contribution < -0.4 is 0 Å². The van der Waals surface area contributed by atoms with Gasteiger partial charge < -0.3 is 9.47 Å². The fourth-order valence-corrected chi connectivity index (χ4v) is 2.95. The summed E-state index contributed by atoms with van der Waals surface area (Å²) in [4.78, 5) is 11.3. The van der Waals surface area contributed by atoms with Gasteiger partial charge in [0.1, 0.15) is 11.6 Å². The van der Waals surface area contributed by atoms with Crippen molar-refractivity contribution in [3.8, 4) is 0 Å². The van der Waals surface area contributed by atoms with E-state index in [0.717, 1.165) is 55.1 Å². The minimum Gasteiger partial charge on any atom is -0.379 e. The van der Waals surface area contributed by atoms with Gasteiger partial charge in [-0.05, 0) is 13.0 Å². The molecule has 0 saturated carbocycles. The number of hydrogen-bond donors (Lipinski definition) is 0. The van der Waals surface area contributed by atoms with Crippen LogP contribution in [0.5, 0.6) is 0 Å². The van der Waals surface area contributed by atoms with Crippen molar-refractivity contribution < 1.29 is 9.47 Å². The molecule has 6 heteroatoms. The Labute approximate surface area is 118 Å². The van der Waals surface area contributed by atoms with Crippen molar-refractivity contribution in [3.05, 3.63) is 17.6 Å². The molecule has 0 N–H and O–H groups in total. The summed E-state index contributed by atoms with van der Waals surface area (Å²) < 4.78 is 10.4. The molecule has 0 unspecified atom stereocenters. The van der Waals surface area contributed by atoms with Crippen LogP contribution in [0.3, 0.4) is 0 Å². The van der Waals surface area contributed by atoms with E-state index in [0.29, 0.717) is 6.61 Å². The van der Waals surface area contributed by atoms with Crippen molar-refractivity contribution in [2.45, 2.75) is 18.6 Å². The minimum absolute atomic E-state index is 0.471. The smallest absolute Gasteiger partial charge is 0.155 e. The average molecular weight is 283 g/mol. The van der Waals surface area contributed by atoms with Gasteiger partial charge in [-0.3, -0.25) is 4.90 Å². The Morgan fingerprint density at radius 3 is 2.89 bits per heavy atom. The zero-order valence-corrected chi connectivity index (χ0v) is 12.4. The molecule has 1 aliphatic heterocycles. The number of hydrogen-bond acceptors (Lipinski definition) is 6. The lowest BCUT2D eigenvalue weighted by Gasteiger charge is -2.26. The van der Waals surface area contributed by atoms with E-state index in [9.17, 15) is 0 Å². The molecule has 106 valence electrons. The molecule has 0 bridgehead atoms. The number of aromatic nitrogens is 2. The molecule has 0 radical (unpaired) electrons. The Morgan fingerprint density at radius 2 is 2.16 bits per heavy atom. The van der Waals surface area contributed by atoms with Crippen LogP contribution in [0.1, 0.15) is 11.5 Å². The minimum atomic E-state index is 0.471. The third-order valence-corrected chi connectivity index (χ3v) is 3.80. The molecular weight excluding hydrogens is 262 g/mol. The molecule has 0 amide bonds. The van der Waals surface area contributed by atoms with Gasteiger partial charge in [-0.15, -0.1) is 11.8 Å². The fourth-order valence-electron chi connectivity index (χ4n) is 1.97. The normalized spacial score (nSPS) is 16.7. The number of morpholine rings is 1. The topological polar surface area (TPSA) is 47.5 Å². The molecule has 0 atom stereocenters. The van der Waals surface area contributed by atoms with E-state index in [1.165, 1.54) is 0 Å². The highest BCUT2D eigenvalue weighted by atomic mass is 32.2. The first-order chi connectivity index (χ1) is 9.28. The van der Waals surface area contributed by atoms with E-state index >= 15 is 0 Å². The summed E-state index contributed by atoms with van der Waals surface area (Å²) in [6.07, 6.45) is 0. The van der Waals surface area contributed by atoms with Gasteiger partial charge in [-0.1, -0.05) is 0 Å². The summed E-state index contributed by atoms with van der Waals surface area (Å²) in [6, 6.07) is 2.03. The Bertz CT molecular complexity index is 397. The monoisotopic (exact) mass is 283 g/mol. The number of rotatable bonds is 6. The first-order valence-corrected chi connectivity index (χ1v) is 7.53. The largest absolute Gasteiger partial charge is 0.379 e. The molecule has 1 aromatic rings. The first kappa shape index (κ1) is 14.7. The third-order valence-electron chi connectivity index (χ3n) is 2.91. The lowest BCUT2D eigenvalue weighted by molar-refractivity contribution is 0.0410. The highest BCUT2D eigenvalue weighted by Crippen LogP contribution is 2.17. The predicted molar refractivity (Wildman–Crippen MR) is 75.5 cm³/mol. The fraction of sp³-hybridized carbons (Fsp3) is 0.692. The van der Waals surface area contributed by atoms with Crippen molar-refractivity contribution in [3.63, 3.8) is 0 Å². The second-order valence-electron chi connectivity index (χ2n) is 4.50. The SMILES string of the molecule is COCc1nc(C)cc(SCCN2CCOCC2)n1. The van der Waals surface area contributed by atoms with Gasteiger partial charge in [-0.25, -0.2) is 9.97 Å². The van der Waals surface area contributed by atoms with Gasteiger partial charge in [0.05, 0.1) is 13.2 Å².